The van der Waals surface area contributed by atoms with Gasteiger partial charge in [-0.05, 0) is 36.8 Å². The number of anilines is 1. The molecule has 8 heteroatoms. The number of H-pyrrole nitrogens is 1. The number of amides is 1. The highest BCUT2D eigenvalue weighted by atomic mass is 16.1. The molecule has 4 aromatic rings. The standard InChI is InChI=1S/C20H16N6O2/c1-11-19-14(12-4-5-15-13(9-12)3-2-8-21-15)10-18(28)22-20(19)26(25-11)16-6-7-17(27)24-23-16/h2-9,14H,10H2,1H3,(H,22,28)(H,24,27)/t14-/m0/s1. The second-order valence-electron chi connectivity index (χ2n) is 6.80. The normalized spacial score (nSPS) is 16.0. The van der Waals surface area contributed by atoms with E-state index in [1.165, 1.54) is 6.07 Å². The molecule has 4 heterocycles. The average molecular weight is 372 g/mol. The second-order valence-corrected chi connectivity index (χ2v) is 6.80. The zero-order valence-corrected chi connectivity index (χ0v) is 15.0. The molecule has 1 aliphatic rings. The highest BCUT2D eigenvalue weighted by molar-refractivity contribution is 5.95. The maximum Gasteiger partial charge on any atom is 0.264 e. The first-order valence-corrected chi connectivity index (χ1v) is 8.90. The number of nitrogens with one attached hydrogen (secondary N) is 2. The lowest BCUT2D eigenvalue weighted by Gasteiger charge is -2.24. The van der Waals surface area contributed by atoms with Gasteiger partial charge in [-0.3, -0.25) is 14.6 Å². The maximum absolute atomic E-state index is 12.5. The van der Waals surface area contributed by atoms with Crippen molar-refractivity contribution in [1.29, 1.82) is 0 Å². The van der Waals surface area contributed by atoms with Crippen molar-refractivity contribution in [3.8, 4) is 5.82 Å². The molecule has 2 N–H and O–H groups in total. The maximum atomic E-state index is 12.5. The van der Waals surface area contributed by atoms with Gasteiger partial charge in [-0.2, -0.15) is 14.9 Å². The van der Waals surface area contributed by atoms with Gasteiger partial charge in [0.05, 0.1) is 11.2 Å². The molecular weight excluding hydrogens is 356 g/mol. The van der Waals surface area contributed by atoms with Crippen LogP contribution in [-0.4, -0.2) is 30.9 Å². The van der Waals surface area contributed by atoms with E-state index in [2.05, 4.69) is 31.7 Å². The van der Waals surface area contributed by atoms with E-state index in [1.54, 1.807) is 16.9 Å². The Morgan fingerprint density at radius 2 is 2.04 bits per heavy atom. The van der Waals surface area contributed by atoms with Crippen LogP contribution in [0.3, 0.4) is 0 Å². The summed E-state index contributed by atoms with van der Waals surface area (Å²) in [4.78, 5) is 28.2. The van der Waals surface area contributed by atoms with E-state index in [1.807, 2.05) is 31.2 Å². The van der Waals surface area contributed by atoms with Crippen molar-refractivity contribution in [2.45, 2.75) is 19.3 Å². The molecule has 1 amide bonds. The Morgan fingerprint density at radius 3 is 2.86 bits per heavy atom. The van der Waals surface area contributed by atoms with Crippen LogP contribution >= 0.6 is 0 Å². The van der Waals surface area contributed by atoms with E-state index in [0.717, 1.165) is 27.7 Å². The molecule has 0 unspecified atom stereocenters. The number of aromatic nitrogens is 5. The first-order chi connectivity index (χ1) is 13.6. The number of carbonyl (C=O) groups excluding carboxylic acids is 1. The lowest BCUT2D eigenvalue weighted by atomic mass is 9.85. The largest absolute Gasteiger partial charge is 0.310 e. The SMILES string of the molecule is Cc1nn(-c2ccc(=O)[nH]n2)c2c1[C@H](c1ccc3ncccc3c1)CC(=O)N2. The van der Waals surface area contributed by atoms with Crippen LogP contribution in [0.1, 0.15) is 29.2 Å². The third-order valence-corrected chi connectivity index (χ3v) is 5.01. The molecule has 138 valence electrons. The molecule has 0 bridgehead atoms. The molecule has 0 aliphatic carbocycles. The van der Waals surface area contributed by atoms with Crippen molar-refractivity contribution >= 4 is 22.6 Å². The van der Waals surface area contributed by atoms with Gasteiger partial charge in [-0.15, -0.1) is 0 Å². The highest BCUT2D eigenvalue weighted by Crippen LogP contribution is 2.40. The van der Waals surface area contributed by atoms with Crippen LogP contribution in [0.15, 0.2) is 53.5 Å². The number of fused-ring (bicyclic) bond motifs is 2. The fourth-order valence-electron chi connectivity index (χ4n) is 3.76. The molecule has 1 aromatic carbocycles. The van der Waals surface area contributed by atoms with Gasteiger partial charge in [0.1, 0.15) is 5.82 Å². The first-order valence-electron chi connectivity index (χ1n) is 8.90. The summed E-state index contributed by atoms with van der Waals surface area (Å²) in [6.07, 6.45) is 2.10. The third-order valence-electron chi connectivity index (χ3n) is 5.01. The predicted molar refractivity (Wildman–Crippen MR) is 104 cm³/mol. The quantitative estimate of drug-likeness (QED) is 0.562. The monoisotopic (exact) mass is 372 g/mol. The predicted octanol–water partition coefficient (Wildman–Crippen LogP) is 2.29. The van der Waals surface area contributed by atoms with Gasteiger partial charge in [-0.25, -0.2) is 5.10 Å². The molecule has 0 spiro atoms. The molecular formula is C20H16N6O2. The number of carbonyl (C=O) groups is 1. The summed E-state index contributed by atoms with van der Waals surface area (Å²) in [5.74, 6) is 0.816. The molecule has 0 saturated heterocycles. The number of hydrogen-bond donors (Lipinski definition) is 2. The highest BCUT2D eigenvalue weighted by Gasteiger charge is 2.33. The van der Waals surface area contributed by atoms with E-state index in [9.17, 15) is 9.59 Å². The smallest absolute Gasteiger partial charge is 0.264 e. The van der Waals surface area contributed by atoms with Crippen LogP contribution in [-0.2, 0) is 4.79 Å². The molecule has 5 rings (SSSR count). The summed E-state index contributed by atoms with van der Waals surface area (Å²) < 4.78 is 1.56. The van der Waals surface area contributed by atoms with Crippen LogP contribution in [0.25, 0.3) is 16.7 Å². The minimum atomic E-state index is -0.298. The molecule has 3 aromatic heterocycles. The van der Waals surface area contributed by atoms with Crippen LogP contribution < -0.4 is 10.9 Å². The van der Waals surface area contributed by atoms with Gasteiger partial charge < -0.3 is 5.32 Å². The van der Waals surface area contributed by atoms with E-state index in [-0.39, 0.29) is 17.4 Å². The minimum Gasteiger partial charge on any atom is -0.310 e. The number of pyridine rings is 1. The van der Waals surface area contributed by atoms with Gasteiger partial charge >= 0.3 is 0 Å². The zero-order valence-electron chi connectivity index (χ0n) is 15.0. The summed E-state index contributed by atoms with van der Waals surface area (Å²) in [6, 6.07) is 12.9. The Balaban J connectivity index is 1.67. The average Bonchev–Trinajstić information content (AvgIpc) is 3.04. The van der Waals surface area contributed by atoms with Crippen molar-refractivity contribution in [3.63, 3.8) is 0 Å². The van der Waals surface area contributed by atoms with E-state index in [4.69, 9.17) is 0 Å². The van der Waals surface area contributed by atoms with Crippen molar-refractivity contribution < 1.29 is 4.79 Å². The van der Waals surface area contributed by atoms with E-state index in [0.29, 0.717) is 18.1 Å². The number of nitrogens with zero attached hydrogens (tertiary/aromatic N) is 4. The molecule has 8 nitrogen and oxygen atoms in total. The zero-order chi connectivity index (χ0) is 19.3. The van der Waals surface area contributed by atoms with Crippen LogP contribution in [0, 0.1) is 6.92 Å². The van der Waals surface area contributed by atoms with Gasteiger partial charge in [0.2, 0.25) is 5.91 Å². The van der Waals surface area contributed by atoms with Crippen molar-refractivity contribution in [2.75, 3.05) is 5.32 Å². The van der Waals surface area contributed by atoms with Gasteiger partial charge in [-0.1, -0.05) is 12.1 Å². The van der Waals surface area contributed by atoms with Gasteiger partial charge in [0, 0.05) is 35.6 Å². The summed E-state index contributed by atoms with van der Waals surface area (Å²) in [6.45, 7) is 1.91. The molecule has 0 radical (unpaired) electrons. The summed E-state index contributed by atoms with van der Waals surface area (Å²) in [7, 11) is 0. The number of benzene rings is 1. The van der Waals surface area contributed by atoms with Gasteiger partial charge in [0.25, 0.3) is 5.56 Å². The van der Waals surface area contributed by atoms with Crippen molar-refractivity contribution in [2.24, 2.45) is 0 Å². The Morgan fingerprint density at radius 1 is 1.14 bits per heavy atom. The molecule has 0 fully saturated rings. The molecule has 1 atom stereocenters. The lowest BCUT2D eigenvalue weighted by molar-refractivity contribution is -0.116. The number of hydrogen-bond acceptors (Lipinski definition) is 5. The Labute approximate surface area is 159 Å². The van der Waals surface area contributed by atoms with Crippen LogP contribution in [0.2, 0.25) is 0 Å². The number of aryl methyl sites for hydroxylation is 1. The van der Waals surface area contributed by atoms with E-state index >= 15 is 0 Å². The summed E-state index contributed by atoms with van der Waals surface area (Å²) in [5.41, 5.74) is 3.41. The fraction of sp³-hybridized carbons (Fsp3) is 0.150. The Hall–Kier alpha value is -3.81. The lowest BCUT2D eigenvalue weighted by Crippen LogP contribution is -2.25. The molecule has 0 saturated carbocycles. The Kier molecular flexibility index (Phi) is 3.58. The van der Waals surface area contributed by atoms with Crippen LogP contribution in [0.5, 0.6) is 0 Å². The topological polar surface area (TPSA) is 106 Å². The first kappa shape index (κ1) is 16.4. The Bertz CT molecular complexity index is 1270. The van der Waals surface area contributed by atoms with Crippen molar-refractivity contribution in [3.05, 3.63) is 75.8 Å². The van der Waals surface area contributed by atoms with E-state index < -0.39 is 0 Å². The van der Waals surface area contributed by atoms with Gasteiger partial charge in [0.15, 0.2) is 5.82 Å². The van der Waals surface area contributed by atoms with Crippen molar-refractivity contribution in [1.82, 2.24) is 25.0 Å². The third kappa shape index (κ3) is 2.58. The molecule has 1 aliphatic heterocycles. The number of aromatic amines is 1. The van der Waals surface area contributed by atoms with Crippen LogP contribution in [0.4, 0.5) is 5.82 Å². The summed E-state index contributed by atoms with van der Waals surface area (Å²) >= 11 is 0. The molecule has 28 heavy (non-hydrogen) atoms. The fourth-order valence-corrected chi connectivity index (χ4v) is 3.76. The summed E-state index contributed by atoms with van der Waals surface area (Å²) in [5, 5.41) is 15.0. The minimum absolute atomic E-state index is 0.0886. The second kappa shape index (κ2) is 6.12. The number of rotatable bonds is 2.